The molecule has 0 saturated carbocycles. The van der Waals surface area contributed by atoms with Crippen LogP contribution < -0.4 is 5.32 Å². The number of nitro groups is 1. The molecule has 6 nitrogen and oxygen atoms in total. The van der Waals surface area contributed by atoms with Crippen LogP contribution in [0.2, 0.25) is 0 Å². The predicted molar refractivity (Wildman–Crippen MR) is 77.7 cm³/mol. The largest absolute Gasteiger partial charge is 0.381 e. The molecule has 1 heterocycles. The SMILES string of the molecule is CCc1nn(C)cc1CNc1ccc([N+](=O)[O-])c(C)c1. The Bertz CT molecular complexity index is 634. The average Bonchev–Trinajstić information content (AvgIpc) is 2.76. The molecule has 1 aromatic carbocycles. The first-order chi connectivity index (χ1) is 9.51. The molecule has 0 unspecified atom stereocenters. The van der Waals surface area contributed by atoms with Gasteiger partial charge in [0.2, 0.25) is 0 Å². The summed E-state index contributed by atoms with van der Waals surface area (Å²) in [7, 11) is 1.90. The number of aromatic nitrogens is 2. The molecule has 106 valence electrons. The summed E-state index contributed by atoms with van der Waals surface area (Å²) in [4.78, 5) is 10.4. The van der Waals surface area contributed by atoms with Crippen LogP contribution in [0, 0.1) is 17.0 Å². The molecule has 2 rings (SSSR count). The van der Waals surface area contributed by atoms with Gasteiger partial charge in [0.15, 0.2) is 0 Å². The number of nitrogens with zero attached hydrogens (tertiary/aromatic N) is 3. The van der Waals surface area contributed by atoms with Gasteiger partial charge in [0, 0.05) is 42.7 Å². The van der Waals surface area contributed by atoms with Crippen molar-refractivity contribution in [2.24, 2.45) is 7.05 Å². The molecule has 6 heteroatoms. The standard InChI is InChI=1S/C14H18N4O2/c1-4-13-11(9-17(3)16-13)8-15-12-5-6-14(18(19)20)10(2)7-12/h5-7,9,15H,4,8H2,1-3H3. The van der Waals surface area contributed by atoms with Crippen LogP contribution in [0.1, 0.15) is 23.7 Å². The lowest BCUT2D eigenvalue weighted by atomic mass is 10.1. The van der Waals surface area contributed by atoms with Gasteiger partial charge in [-0.15, -0.1) is 0 Å². The molecule has 0 fully saturated rings. The number of nitrogens with one attached hydrogen (secondary N) is 1. The van der Waals surface area contributed by atoms with Gasteiger partial charge in [0.1, 0.15) is 0 Å². The summed E-state index contributed by atoms with van der Waals surface area (Å²) in [5.74, 6) is 0. The summed E-state index contributed by atoms with van der Waals surface area (Å²) in [5.41, 5.74) is 3.89. The molecule has 2 aromatic rings. The Morgan fingerprint density at radius 1 is 1.45 bits per heavy atom. The van der Waals surface area contributed by atoms with E-state index in [0.29, 0.717) is 12.1 Å². The van der Waals surface area contributed by atoms with Crippen LogP contribution in [0.4, 0.5) is 11.4 Å². The summed E-state index contributed by atoms with van der Waals surface area (Å²) in [5, 5.41) is 18.4. The molecule has 0 saturated heterocycles. The maximum Gasteiger partial charge on any atom is 0.272 e. The third-order valence-corrected chi connectivity index (χ3v) is 3.20. The fraction of sp³-hybridized carbons (Fsp3) is 0.357. The molecule has 0 aliphatic carbocycles. The van der Waals surface area contributed by atoms with Crippen LogP contribution in [0.25, 0.3) is 0 Å². The van der Waals surface area contributed by atoms with Crippen LogP contribution in [0.5, 0.6) is 0 Å². The summed E-state index contributed by atoms with van der Waals surface area (Å²) in [6.07, 6.45) is 2.88. The van der Waals surface area contributed by atoms with Crippen LogP contribution in [-0.2, 0) is 20.0 Å². The fourth-order valence-corrected chi connectivity index (χ4v) is 2.20. The van der Waals surface area contributed by atoms with Crippen molar-refractivity contribution >= 4 is 11.4 Å². The van der Waals surface area contributed by atoms with Crippen LogP contribution in [0.3, 0.4) is 0 Å². The second-order valence-corrected chi connectivity index (χ2v) is 4.74. The normalized spacial score (nSPS) is 10.6. The zero-order valence-corrected chi connectivity index (χ0v) is 11.9. The summed E-state index contributed by atoms with van der Waals surface area (Å²) >= 11 is 0. The number of rotatable bonds is 5. The van der Waals surface area contributed by atoms with Crippen LogP contribution in [-0.4, -0.2) is 14.7 Å². The topological polar surface area (TPSA) is 73.0 Å². The van der Waals surface area contributed by atoms with Crippen molar-refractivity contribution in [3.05, 3.63) is 51.3 Å². The van der Waals surface area contributed by atoms with E-state index in [1.165, 1.54) is 6.07 Å². The molecule has 0 atom stereocenters. The van der Waals surface area contributed by atoms with Crippen LogP contribution >= 0.6 is 0 Å². The first kappa shape index (κ1) is 14.0. The van der Waals surface area contributed by atoms with Gasteiger partial charge < -0.3 is 5.32 Å². The van der Waals surface area contributed by atoms with Gasteiger partial charge in [-0.05, 0) is 25.5 Å². The minimum Gasteiger partial charge on any atom is -0.381 e. The molecule has 0 aliphatic heterocycles. The highest BCUT2D eigenvalue weighted by atomic mass is 16.6. The number of benzene rings is 1. The van der Waals surface area contributed by atoms with Gasteiger partial charge >= 0.3 is 0 Å². The minimum absolute atomic E-state index is 0.145. The van der Waals surface area contributed by atoms with Crippen LogP contribution in [0.15, 0.2) is 24.4 Å². The predicted octanol–water partition coefficient (Wildman–Crippen LogP) is 2.81. The van der Waals surface area contributed by atoms with Gasteiger partial charge in [-0.3, -0.25) is 14.8 Å². The molecular weight excluding hydrogens is 256 g/mol. The Hall–Kier alpha value is -2.37. The number of aryl methyl sites for hydroxylation is 3. The van der Waals surface area contributed by atoms with E-state index in [0.717, 1.165) is 23.4 Å². The van der Waals surface area contributed by atoms with Gasteiger partial charge in [-0.2, -0.15) is 5.10 Å². The Morgan fingerprint density at radius 2 is 2.20 bits per heavy atom. The van der Waals surface area contributed by atoms with E-state index in [2.05, 4.69) is 17.3 Å². The summed E-state index contributed by atoms with van der Waals surface area (Å²) in [6.45, 7) is 4.47. The second kappa shape index (κ2) is 5.73. The maximum atomic E-state index is 10.8. The lowest BCUT2D eigenvalue weighted by molar-refractivity contribution is -0.385. The zero-order chi connectivity index (χ0) is 14.7. The maximum absolute atomic E-state index is 10.8. The number of anilines is 1. The van der Waals surface area contributed by atoms with E-state index >= 15 is 0 Å². The Morgan fingerprint density at radius 3 is 2.80 bits per heavy atom. The van der Waals surface area contributed by atoms with Crippen molar-refractivity contribution in [3.63, 3.8) is 0 Å². The highest BCUT2D eigenvalue weighted by molar-refractivity contribution is 5.53. The molecule has 20 heavy (non-hydrogen) atoms. The van der Waals surface area contributed by atoms with Gasteiger partial charge in [-0.1, -0.05) is 6.92 Å². The molecule has 0 aliphatic rings. The quantitative estimate of drug-likeness (QED) is 0.672. The summed E-state index contributed by atoms with van der Waals surface area (Å²) < 4.78 is 1.80. The number of hydrogen-bond donors (Lipinski definition) is 1. The average molecular weight is 274 g/mol. The van der Waals surface area contributed by atoms with Crippen molar-refractivity contribution in [2.45, 2.75) is 26.8 Å². The lowest BCUT2D eigenvalue weighted by Gasteiger charge is -2.07. The van der Waals surface area contributed by atoms with E-state index in [1.54, 1.807) is 23.7 Å². The first-order valence-corrected chi connectivity index (χ1v) is 6.51. The molecule has 0 radical (unpaired) electrons. The molecule has 0 amide bonds. The molecule has 1 aromatic heterocycles. The van der Waals surface area contributed by atoms with Crippen molar-refractivity contribution in [2.75, 3.05) is 5.32 Å². The lowest BCUT2D eigenvalue weighted by Crippen LogP contribution is -2.02. The number of hydrogen-bond acceptors (Lipinski definition) is 4. The highest BCUT2D eigenvalue weighted by Gasteiger charge is 2.10. The molecule has 0 spiro atoms. The Labute approximate surface area is 117 Å². The van der Waals surface area contributed by atoms with Crippen molar-refractivity contribution < 1.29 is 4.92 Å². The molecule has 0 bridgehead atoms. The van der Waals surface area contributed by atoms with E-state index in [-0.39, 0.29) is 10.6 Å². The second-order valence-electron chi connectivity index (χ2n) is 4.74. The van der Waals surface area contributed by atoms with E-state index in [1.807, 2.05) is 13.2 Å². The Kier molecular flexibility index (Phi) is 4.02. The molecule has 1 N–H and O–H groups in total. The van der Waals surface area contributed by atoms with E-state index in [9.17, 15) is 10.1 Å². The first-order valence-electron chi connectivity index (χ1n) is 6.51. The third kappa shape index (κ3) is 2.96. The minimum atomic E-state index is -0.366. The molecular formula is C14H18N4O2. The van der Waals surface area contributed by atoms with Gasteiger partial charge in [0.05, 0.1) is 10.6 Å². The third-order valence-electron chi connectivity index (χ3n) is 3.20. The Balaban J connectivity index is 2.11. The zero-order valence-electron chi connectivity index (χ0n) is 11.9. The highest BCUT2D eigenvalue weighted by Crippen LogP contribution is 2.22. The summed E-state index contributed by atoms with van der Waals surface area (Å²) in [6, 6.07) is 5.05. The van der Waals surface area contributed by atoms with E-state index in [4.69, 9.17) is 0 Å². The smallest absolute Gasteiger partial charge is 0.272 e. The fourth-order valence-electron chi connectivity index (χ4n) is 2.20. The van der Waals surface area contributed by atoms with E-state index < -0.39 is 0 Å². The number of nitro benzene ring substituents is 1. The van der Waals surface area contributed by atoms with Crippen molar-refractivity contribution in [1.82, 2.24) is 9.78 Å². The van der Waals surface area contributed by atoms with Gasteiger partial charge in [-0.25, -0.2) is 0 Å². The van der Waals surface area contributed by atoms with Gasteiger partial charge in [0.25, 0.3) is 5.69 Å². The van der Waals surface area contributed by atoms with Crippen molar-refractivity contribution in [3.8, 4) is 0 Å². The van der Waals surface area contributed by atoms with Crippen molar-refractivity contribution in [1.29, 1.82) is 0 Å². The monoisotopic (exact) mass is 274 g/mol.